The molecule has 0 saturated carbocycles. The third-order valence-corrected chi connectivity index (χ3v) is 7.30. The van der Waals surface area contributed by atoms with Gasteiger partial charge in [-0.25, -0.2) is 8.42 Å². The third kappa shape index (κ3) is 5.55. The zero-order valence-electron chi connectivity index (χ0n) is 15.4. The normalized spacial score (nSPS) is 15.1. The average Bonchev–Trinajstić information content (AvgIpc) is 2.68. The number of carbonyl (C=O) groups excluding carboxylic acids is 1. The summed E-state index contributed by atoms with van der Waals surface area (Å²) in [6.07, 6.45) is 2.87. The first-order chi connectivity index (χ1) is 13.8. The van der Waals surface area contributed by atoms with Crippen LogP contribution < -0.4 is 10.9 Å². The Morgan fingerprint density at radius 1 is 0.966 bits per heavy atom. The molecule has 10 heteroatoms. The summed E-state index contributed by atoms with van der Waals surface area (Å²) in [6, 6.07) is 9.35. The van der Waals surface area contributed by atoms with E-state index >= 15 is 0 Å². The number of rotatable bonds is 6. The maximum atomic E-state index is 12.7. The Hall–Kier alpha value is -1.51. The molecule has 0 radical (unpaired) electrons. The van der Waals surface area contributed by atoms with Crippen molar-refractivity contribution in [3.63, 3.8) is 0 Å². The van der Waals surface area contributed by atoms with Crippen LogP contribution in [0.1, 0.15) is 24.8 Å². The maximum Gasteiger partial charge on any atom is 0.243 e. The molecule has 1 aliphatic rings. The number of sulfonamides is 1. The summed E-state index contributed by atoms with van der Waals surface area (Å²) < 4.78 is 26.9. The van der Waals surface area contributed by atoms with Crippen LogP contribution in [0.3, 0.4) is 0 Å². The number of hydrogen-bond acceptors (Lipinski definition) is 4. The largest absolute Gasteiger partial charge is 0.296 e. The van der Waals surface area contributed by atoms with E-state index in [1.54, 1.807) is 12.1 Å². The fourth-order valence-corrected chi connectivity index (χ4v) is 5.49. The number of anilines is 1. The second-order valence-corrected chi connectivity index (χ2v) is 9.89. The van der Waals surface area contributed by atoms with Gasteiger partial charge in [0.05, 0.1) is 27.0 Å². The van der Waals surface area contributed by atoms with Gasteiger partial charge in [0.15, 0.2) is 0 Å². The number of nitrogens with zero attached hydrogens (tertiary/aromatic N) is 1. The zero-order chi connectivity index (χ0) is 21.0. The number of hydrogen-bond donors (Lipinski definition) is 2. The Kier molecular flexibility index (Phi) is 7.29. The highest BCUT2D eigenvalue weighted by molar-refractivity contribution is 7.89. The molecule has 0 spiro atoms. The molecule has 156 valence electrons. The first-order valence-electron chi connectivity index (χ1n) is 9.06. The minimum atomic E-state index is -3.49. The van der Waals surface area contributed by atoms with E-state index in [0.717, 1.165) is 19.3 Å². The highest BCUT2D eigenvalue weighted by Crippen LogP contribution is 2.33. The lowest BCUT2D eigenvalue weighted by Gasteiger charge is -2.25. The standard InChI is InChI=1S/C19H20Cl3N3O3S/c20-14-11-16(21)19(17(22)12-14)24-23-18(26)10-13-4-6-15(7-5-13)29(27,28)25-8-2-1-3-9-25/h4-7,11-12,24H,1-3,8-10H2,(H,23,26). The molecule has 3 rings (SSSR count). The molecule has 1 fully saturated rings. The van der Waals surface area contributed by atoms with Crippen molar-refractivity contribution in [3.05, 3.63) is 57.0 Å². The van der Waals surface area contributed by atoms with Crippen molar-refractivity contribution in [2.45, 2.75) is 30.6 Å². The first-order valence-corrected chi connectivity index (χ1v) is 11.6. The Labute approximate surface area is 185 Å². The van der Waals surface area contributed by atoms with Crippen LogP contribution in [-0.2, 0) is 21.2 Å². The van der Waals surface area contributed by atoms with Crippen molar-refractivity contribution >= 4 is 56.4 Å². The van der Waals surface area contributed by atoms with Gasteiger partial charge >= 0.3 is 0 Å². The van der Waals surface area contributed by atoms with Gasteiger partial charge in [0.25, 0.3) is 0 Å². The van der Waals surface area contributed by atoms with Gasteiger partial charge in [-0.05, 0) is 42.7 Å². The zero-order valence-corrected chi connectivity index (χ0v) is 18.5. The molecular weight excluding hydrogens is 457 g/mol. The van der Waals surface area contributed by atoms with Gasteiger partial charge in [-0.1, -0.05) is 53.4 Å². The van der Waals surface area contributed by atoms with E-state index in [1.165, 1.54) is 28.6 Å². The van der Waals surface area contributed by atoms with E-state index in [9.17, 15) is 13.2 Å². The van der Waals surface area contributed by atoms with Crippen molar-refractivity contribution < 1.29 is 13.2 Å². The first kappa shape index (κ1) is 22.2. The van der Waals surface area contributed by atoms with Crippen LogP contribution in [0.25, 0.3) is 0 Å². The smallest absolute Gasteiger partial charge is 0.243 e. The van der Waals surface area contributed by atoms with E-state index in [4.69, 9.17) is 34.8 Å². The van der Waals surface area contributed by atoms with Gasteiger partial charge in [-0.15, -0.1) is 0 Å². The lowest BCUT2D eigenvalue weighted by molar-refractivity contribution is -0.119. The quantitative estimate of drug-likeness (QED) is 0.601. The van der Waals surface area contributed by atoms with Gasteiger partial charge < -0.3 is 0 Å². The van der Waals surface area contributed by atoms with Crippen LogP contribution in [0.4, 0.5) is 5.69 Å². The summed E-state index contributed by atoms with van der Waals surface area (Å²) in [5.41, 5.74) is 6.22. The van der Waals surface area contributed by atoms with E-state index in [-0.39, 0.29) is 27.3 Å². The topological polar surface area (TPSA) is 78.5 Å². The monoisotopic (exact) mass is 475 g/mol. The number of benzene rings is 2. The lowest BCUT2D eigenvalue weighted by Crippen LogP contribution is -2.35. The molecule has 0 aliphatic carbocycles. The minimum absolute atomic E-state index is 0.0554. The second kappa shape index (κ2) is 9.53. The SMILES string of the molecule is O=C(Cc1ccc(S(=O)(=O)N2CCCCC2)cc1)NNc1c(Cl)cc(Cl)cc1Cl. The molecule has 1 heterocycles. The lowest BCUT2D eigenvalue weighted by atomic mass is 10.1. The molecule has 6 nitrogen and oxygen atoms in total. The van der Waals surface area contributed by atoms with Crippen LogP contribution >= 0.6 is 34.8 Å². The van der Waals surface area contributed by atoms with E-state index in [1.807, 2.05) is 0 Å². The van der Waals surface area contributed by atoms with Crippen molar-refractivity contribution in [3.8, 4) is 0 Å². The average molecular weight is 477 g/mol. The molecule has 1 saturated heterocycles. The molecular formula is C19H20Cl3N3O3S. The van der Waals surface area contributed by atoms with Crippen molar-refractivity contribution in [2.75, 3.05) is 18.5 Å². The maximum absolute atomic E-state index is 12.7. The number of piperidine rings is 1. The van der Waals surface area contributed by atoms with Gasteiger partial charge in [0.2, 0.25) is 15.9 Å². The van der Waals surface area contributed by atoms with Crippen molar-refractivity contribution in [2.24, 2.45) is 0 Å². The summed E-state index contributed by atoms with van der Waals surface area (Å²) in [7, 11) is -3.49. The predicted octanol–water partition coefficient (Wildman–Crippen LogP) is 4.51. The van der Waals surface area contributed by atoms with E-state index in [2.05, 4.69) is 10.9 Å². The molecule has 1 amide bonds. The Balaban J connectivity index is 1.60. The summed E-state index contributed by atoms with van der Waals surface area (Å²) >= 11 is 18.0. The molecule has 0 atom stereocenters. The molecule has 1 aliphatic heterocycles. The van der Waals surface area contributed by atoms with Gasteiger partial charge in [0, 0.05) is 18.1 Å². The fraction of sp³-hybridized carbons (Fsp3) is 0.316. The summed E-state index contributed by atoms with van der Waals surface area (Å²) in [6.45, 7) is 1.10. The predicted molar refractivity (Wildman–Crippen MR) is 116 cm³/mol. The molecule has 2 aromatic carbocycles. The van der Waals surface area contributed by atoms with Crippen molar-refractivity contribution in [1.29, 1.82) is 0 Å². The summed E-state index contributed by atoms with van der Waals surface area (Å²) in [5, 5.41) is 0.932. The summed E-state index contributed by atoms with van der Waals surface area (Å²) in [4.78, 5) is 12.4. The van der Waals surface area contributed by atoms with Crippen molar-refractivity contribution in [1.82, 2.24) is 9.73 Å². The van der Waals surface area contributed by atoms with E-state index in [0.29, 0.717) is 29.4 Å². The Bertz CT molecular complexity index is 968. The van der Waals surface area contributed by atoms with Gasteiger partial charge in [-0.2, -0.15) is 4.31 Å². The second-order valence-electron chi connectivity index (χ2n) is 6.70. The highest BCUT2D eigenvalue weighted by atomic mass is 35.5. The summed E-state index contributed by atoms with van der Waals surface area (Å²) in [5.74, 6) is -0.335. The van der Waals surface area contributed by atoms with Crippen LogP contribution in [0.2, 0.25) is 15.1 Å². The number of carbonyl (C=O) groups is 1. The van der Waals surface area contributed by atoms with E-state index < -0.39 is 10.0 Å². The van der Waals surface area contributed by atoms with Gasteiger partial charge in [-0.3, -0.25) is 15.6 Å². The molecule has 0 bridgehead atoms. The molecule has 29 heavy (non-hydrogen) atoms. The number of amides is 1. The molecule has 2 N–H and O–H groups in total. The Morgan fingerprint density at radius 3 is 2.14 bits per heavy atom. The van der Waals surface area contributed by atoms with Gasteiger partial charge in [0.1, 0.15) is 0 Å². The van der Waals surface area contributed by atoms with Crippen LogP contribution in [0.5, 0.6) is 0 Å². The molecule has 0 unspecified atom stereocenters. The number of nitrogens with one attached hydrogen (secondary N) is 2. The highest BCUT2D eigenvalue weighted by Gasteiger charge is 2.25. The third-order valence-electron chi connectivity index (χ3n) is 4.57. The minimum Gasteiger partial charge on any atom is -0.296 e. The Morgan fingerprint density at radius 2 is 1.55 bits per heavy atom. The van der Waals surface area contributed by atoms with Crippen LogP contribution in [-0.4, -0.2) is 31.7 Å². The fourth-order valence-electron chi connectivity index (χ4n) is 3.06. The molecule has 0 aromatic heterocycles. The van der Waals surface area contributed by atoms with Crippen LogP contribution in [0, 0.1) is 0 Å². The number of hydrazine groups is 1. The number of halogens is 3. The molecule has 2 aromatic rings. The van der Waals surface area contributed by atoms with Crippen LogP contribution in [0.15, 0.2) is 41.3 Å².